The summed E-state index contributed by atoms with van der Waals surface area (Å²) < 4.78 is 29.0. The summed E-state index contributed by atoms with van der Waals surface area (Å²) in [6.45, 7) is 2.66. The molecule has 21 heavy (non-hydrogen) atoms. The van der Waals surface area contributed by atoms with E-state index in [-0.39, 0.29) is 0 Å². The van der Waals surface area contributed by atoms with Gasteiger partial charge in [0.15, 0.2) is 0 Å². The molecule has 0 amide bonds. The summed E-state index contributed by atoms with van der Waals surface area (Å²) in [5.74, 6) is 0. The summed E-state index contributed by atoms with van der Waals surface area (Å²) in [6, 6.07) is 2.17. The summed E-state index contributed by atoms with van der Waals surface area (Å²) in [5.41, 5.74) is 1.50. The van der Waals surface area contributed by atoms with Crippen molar-refractivity contribution in [1.82, 2.24) is 9.62 Å². The molecule has 0 radical (unpaired) electrons. The number of nitriles is 1. The number of thiophene rings is 1. The number of nitrogens with zero attached hydrogens (tertiary/aromatic N) is 2. The van der Waals surface area contributed by atoms with Gasteiger partial charge in [-0.1, -0.05) is 6.42 Å². The zero-order valence-corrected chi connectivity index (χ0v) is 13.3. The summed E-state index contributed by atoms with van der Waals surface area (Å²) in [6.07, 6.45) is 3.66. The fourth-order valence-electron chi connectivity index (χ4n) is 2.81. The van der Waals surface area contributed by atoms with E-state index >= 15 is 0 Å². The molecule has 3 heterocycles. The first-order valence-corrected chi connectivity index (χ1v) is 9.41. The van der Waals surface area contributed by atoms with Crippen molar-refractivity contribution in [3.8, 4) is 6.07 Å². The van der Waals surface area contributed by atoms with E-state index in [9.17, 15) is 13.7 Å². The Morgan fingerprint density at radius 1 is 1.29 bits per heavy atom. The third-order valence-corrected chi connectivity index (χ3v) is 6.70. The molecule has 0 unspecified atom stereocenters. The maximum absolute atomic E-state index is 12.4. The van der Waals surface area contributed by atoms with Crippen LogP contribution in [0, 0.1) is 11.3 Å². The fourth-order valence-corrected chi connectivity index (χ4v) is 5.52. The van der Waals surface area contributed by atoms with E-state index in [1.807, 2.05) is 0 Å². The minimum atomic E-state index is -3.55. The molecule has 1 saturated heterocycles. The number of nitrogens with one attached hydrogen (secondary N) is 2. The second kappa shape index (κ2) is 5.93. The number of hydrogen-bond donors (Lipinski definition) is 2. The molecule has 2 aliphatic heterocycles. The van der Waals surface area contributed by atoms with E-state index in [1.165, 1.54) is 15.6 Å². The zero-order valence-electron chi connectivity index (χ0n) is 11.7. The molecule has 0 spiro atoms. The van der Waals surface area contributed by atoms with Crippen molar-refractivity contribution in [2.45, 2.75) is 32.2 Å². The van der Waals surface area contributed by atoms with Crippen molar-refractivity contribution in [3.63, 3.8) is 0 Å². The van der Waals surface area contributed by atoms with Crippen molar-refractivity contribution in [3.05, 3.63) is 16.0 Å². The number of rotatable bonds is 3. The van der Waals surface area contributed by atoms with Crippen molar-refractivity contribution in [1.29, 1.82) is 5.26 Å². The average molecular weight is 326 g/mol. The maximum atomic E-state index is 12.4. The lowest BCUT2D eigenvalue weighted by molar-refractivity contribution is 0.349. The molecule has 0 saturated carbocycles. The standard InChI is InChI=1S/C13H18N4O2S2/c14-8-11-10-4-5-15-9-12(10)20-13(11)16-21(18,19)17-6-2-1-3-7-17/h15-16H,1-7,9H2. The first kappa shape index (κ1) is 14.8. The minimum absolute atomic E-state index is 0.469. The second-order valence-corrected chi connectivity index (χ2v) is 8.09. The lowest BCUT2D eigenvalue weighted by Gasteiger charge is -2.25. The van der Waals surface area contributed by atoms with Crippen molar-refractivity contribution in [2.75, 3.05) is 24.4 Å². The molecule has 0 atom stereocenters. The van der Waals surface area contributed by atoms with Crippen LogP contribution >= 0.6 is 11.3 Å². The maximum Gasteiger partial charge on any atom is 0.302 e. The number of anilines is 1. The molecule has 0 aliphatic carbocycles. The van der Waals surface area contributed by atoms with Crippen LogP contribution in [0.5, 0.6) is 0 Å². The van der Waals surface area contributed by atoms with Crippen LogP contribution < -0.4 is 10.0 Å². The van der Waals surface area contributed by atoms with Crippen LogP contribution in [0.15, 0.2) is 0 Å². The van der Waals surface area contributed by atoms with E-state index in [1.54, 1.807) is 0 Å². The van der Waals surface area contributed by atoms with Crippen LogP contribution in [0.2, 0.25) is 0 Å². The van der Waals surface area contributed by atoms with Gasteiger partial charge in [0.05, 0.1) is 5.56 Å². The lowest BCUT2D eigenvalue weighted by Crippen LogP contribution is -2.39. The van der Waals surface area contributed by atoms with E-state index in [2.05, 4.69) is 16.1 Å². The number of hydrogen-bond acceptors (Lipinski definition) is 5. The van der Waals surface area contributed by atoms with Crippen LogP contribution in [-0.2, 0) is 23.2 Å². The van der Waals surface area contributed by atoms with Crippen LogP contribution in [0.25, 0.3) is 0 Å². The van der Waals surface area contributed by atoms with Crippen LogP contribution in [0.4, 0.5) is 5.00 Å². The molecule has 0 aromatic carbocycles. The summed E-state index contributed by atoms with van der Waals surface area (Å²) in [4.78, 5) is 1.06. The quantitative estimate of drug-likeness (QED) is 0.879. The molecule has 1 aromatic heterocycles. The first-order chi connectivity index (χ1) is 10.1. The van der Waals surface area contributed by atoms with Crippen LogP contribution in [0.1, 0.15) is 35.3 Å². The number of fused-ring (bicyclic) bond motifs is 1. The molecular weight excluding hydrogens is 308 g/mol. The molecule has 1 aromatic rings. The highest BCUT2D eigenvalue weighted by molar-refractivity contribution is 7.90. The van der Waals surface area contributed by atoms with Gasteiger partial charge in [0.25, 0.3) is 0 Å². The van der Waals surface area contributed by atoms with E-state index in [0.717, 1.165) is 42.7 Å². The molecule has 0 bridgehead atoms. The van der Waals surface area contributed by atoms with Gasteiger partial charge in [-0.15, -0.1) is 11.3 Å². The monoisotopic (exact) mass is 326 g/mol. The van der Waals surface area contributed by atoms with Gasteiger partial charge < -0.3 is 5.32 Å². The molecule has 6 nitrogen and oxygen atoms in total. The topological polar surface area (TPSA) is 85.2 Å². The Hall–Kier alpha value is -1.14. The fraction of sp³-hybridized carbons (Fsp3) is 0.615. The Kier molecular flexibility index (Phi) is 4.17. The molecule has 8 heteroatoms. The molecule has 114 valence electrons. The largest absolute Gasteiger partial charge is 0.312 e. The first-order valence-electron chi connectivity index (χ1n) is 7.15. The van der Waals surface area contributed by atoms with Gasteiger partial charge in [0.2, 0.25) is 0 Å². The minimum Gasteiger partial charge on any atom is -0.312 e. The van der Waals surface area contributed by atoms with Gasteiger partial charge in [-0.3, -0.25) is 4.72 Å². The second-order valence-electron chi connectivity index (χ2n) is 5.31. The summed E-state index contributed by atoms with van der Waals surface area (Å²) in [5, 5.41) is 13.1. The van der Waals surface area contributed by atoms with Crippen molar-refractivity contribution >= 4 is 26.5 Å². The van der Waals surface area contributed by atoms with Gasteiger partial charge in [-0.2, -0.15) is 18.0 Å². The van der Waals surface area contributed by atoms with Crippen molar-refractivity contribution in [2.24, 2.45) is 0 Å². The normalized spacial score (nSPS) is 19.8. The third-order valence-electron chi connectivity index (χ3n) is 3.92. The Bertz CT molecular complexity index is 669. The zero-order chi connectivity index (χ0) is 14.9. The molecule has 2 N–H and O–H groups in total. The third kappa shape index (κ3) is 2.92. The van der Waals surface area contributed by atoms with Gasteiger partial charge >= 0.3 is 10.2 Å². The molecule has 3 rings (SSSR count). The van der Waals surface area contributed by atoms with Gasteiger partial charge in [-0.25, -0.2) is 0 Å². The van der Waals surface area contributed by atoms with Crippen LogP contribution in [0.3, 0.4) is 0 Å². The van der Waals surface area contributed by atoms with Gasteiger partial charge in [-0.05, 0) is 31.4 Å². The van der Waals surface area contributed by atoms with E-state index in [0.29, 0.717) is 30.2 Å². The predicted octanol–water partition coefficient (Wildman–Crippen LogP) is 1.41. The highest BCUT2D eigenvalue weighted by atomic mass is 32.2. The highest BCUT2D eigenvalue weighted by Crippen LogP contribution is 2.35. The summed E-state index contributed by atoms with van der Waals surface area (Å²) in [7, 11) is -3.55. The lowest BCUT2D eigenvalue weighted by atomic mass is 10.1. The Morgan fingerprint density at radius 3 is 2.76 bits per heavy atom. The summed E-state index contributed by atoms with van der Waals surface area (Å²) >= 11 is 1.38. The van der Waals surface area contributed by atoms with E-state index in [4.69, 9.17) is 0 Å². The van der Waals surface area contributed by atoms with Crippen LogP contribution in [-0.4, -0.2) is 32.4 Å². The Balaban J connectivity index is 1.87. The van der Waals surface area contributed by atoms with E-state index < -0.39 is 10.2 Å². The molecular formula is C13H18N4O2S2. The Morgan fingerprint density at radius 2 is 2.05 bits per heavy atom. The molecule has 1 fully saturated rings. The SMILES string of the molecule is N#Cc1c(NS(=O)(=O)N2CCCCC2)sc2c1CCNC2. The Labute approximate surface area is 128 Å². The van der Waals surface area contributed by atoms with Gasteiger partial charge in [0, 0.05) is 24.5 Å². The number of piperidine rings is 1. The predicted molar refractivity (Wildman–Crippen MR) is 82.4 cm³/mol. The molecule has 2 aliphatic rings. The smallest absolute Gasteiger partial charge is 0.302 e. The van der Waals surface area contributed by atoms with Gasteiger partial charge in [0.1, 0.15) is 11.1 Å². The van der Waals surface area contributed by atoms with Crippen molar-refractivity contribution < 1.29 is 8.42 Å². The highest BCUT2D eigenvalue weighted by Gasteiger charge is 2.27. The average Bonchev–Trinajstić information content (AvgIpc) is 2.84.